The molecule has 0 heterocycles. The first-order chi connectivity index (χ1) is 8.04. The van der Waals surface area contributed by atoms with Crippen molar-refractivity contribution in [3.05, 3.63) is 29.8 Å². The molecule has 2 atom stereocenters. The van der Waals surface area contributed by atoms with E-state index in [-0.39, 0.29) is 17.9 Å². The number of carbonyl (C=O) groups excluding carboxylic acids is 1. The fraction of sp³-hybridized carbons (Fsp3) is 0.462. The van der Waals surface area contributed by atoms with Gasteiger partial charge in [0.05, 0.1) is 12.5 Å². The van der Waals surface area contributed by atoms with Gasteiger partial charge in [0, 0.05) is 6.04 Å². The van der Waals surface area contributed by atoms with Crippen molar-refractivity contribution in [2.45, 2.75) is 26.3 Å². The molecule has 1 rings (SSSR count). The smallest absolute Gasteiger partial charge is 0.223 e. The fourth-order valence-electron chi connectivity index (χ4n) is 1.35. The van der Waals surface area contributed by atoms with Gasteiger partial charge in [-0.05, 0) is 24.1 Å². The number of rotatable bonds is 6. The number of carbonyl (C=O) groups is 1. The van der Waals surface area contributed by atoms with Crippen molar-refractivity contribution in [1.82, 2.24) is 0 Å². The Kier molecular flexibility index (Phi) is 4.97. The van der Waals surface area contributed by atoms with Crippen molar-refractivity contribution in [2.24, 2.45) is 17.4 Å². The summed E-state index contributed by atoms with van der Waals surface area (Å²) in [7, 11) is 0. The molecule has 0 aliphatic carbocycles. The Morgan fingerprint density at radius 1 is 1.35 bits per heavy atom. The van der Waals surface area contributed by atoms with Gasteiger partial charge in [0.25, 0.3) is 0 Å². The predicted molar refractivity (Wildman–Crippen MR) is 67.5 cm³/mol. The number of benzene rings is 1. The Bertz CT molecular complexity index is 362. The summed E-state index contributed by atoms with van der Waals surface area (Å²) < 4.78 is 5.46. The van der Waals surface area contributed by atoms with Crippen molar-refractivity contribution in [1.29, 1.82) is 0 Å². The molecule has 1 unspecified atom stereocenters. The average Bonchev–Trinajstić information content (AvgIpc) is 2.35. The molecule has 1 aromatic rings. The molecule has 0 aliphatic heterocycles. The maximum atomic E-state index is 10.8. The SMILES string of the molecule is CC[C@H](N)c1ccc(OCC(C)C(N)=O)cc1. The molecule has 0 bridgehead atoms. The molecule has 0 fully saturated rings. The van der Waals surface area contributed by atoms with E-state index in [4.69, 9.17) is 16.2 Å². The summed E-state index contributed by atoms with van der Waals surface area (Å²) in [5, 5.41) is 0. The number of nitrogens with two attached hydrogens (primary N) is 2. The van der Waals surface area contributed by atoms with Crippen LogP contribution in [-0.4, -0.2) is 12.5 Å². The van der Waals surface area contributed by atoms with E-state index in [0.717, 1.165) is 17.7 Å². The van der Waals surface area contributed by atoms with Gasteiger partial charge in [-0.3, -0.25) is 4.79 Å². The van der Waals surface area contributed by atoms with Crippen LogP contribution in [0.2, 0.25) is 0 Å². The van der Waals surface area contributed by atoms with Crippen LogP contribution < -0.4 is 16.2 Å². The lowest BCUT2D eigenvalue weighted by Crippen LogP contribution is -2.25. The Hall–Kier alpha value is -1.55. The van der Waals surface area contributed by atoms with E-state index < -0.39 is 0 Å². The highest BCUT2D eigenvalue weighted by atomic mass is 16.5. The average molecular weight is 236 g/mol. The second-order valence-corrected chi connectivity index (χ2v) is 4.20. The molecule has 1 aromatic carbocycles. The molecule has 94 valence electrons. The largest absolute Gasteiger partial charge is 0.493 e. The zero-order chi connectivity index (χ0) is 12.8. The number of hydrogen-bond donors (Lipinski definition) is 2. The Labute approximate surface area is 102 Å². The molecular weight excluding hydrogens is 216 g/mol. The van der Waals surface area contributed by atoms with Gasteiger partial charge < -0.3 is 16.2 Å². The summed E-state index contributed by atoms with van der Waals surface area (Å²) in [5.74, 6) is 0.0901. The monoisotopic (exact) mass is 236 g/mol. The van der Waals surface area contributed by atoms with Gasteiger partial charge in [-0.25, -0.2) is 0 Å². The van der Waals surface area contributed by atoms with Crippen molar-refractivity contribution >= 4 is 5.91 Å². The molecule has 0 radical (unpaired) electrons. The minimum absolute atomic E-state index is 0.0635. The zero-order valence-corrected chi connectivity index (χ0v) is 10.3. The third kappa shape index (κ3) is 4.07. The maximum absolute atomic E-state index is 10.8. The summed E-state index contributed by atoms with van der Waals surface area (Å²) >= 11 is 0. The predicted octanol–water partition coefficient (Wildman–Crippen LogP) is 1.60. The highest BCUT2D eigenvalue weighted by Crippen LogP contribution is 2.18. The lowest BCUT2D eigenvalue weighted by molar-refractivity contribution is -0.122. The topological polar surface area (TPSA) is 78.3 Å². The van der Waals surface area contributed by atoms with E-state index in [1.165, 1.54) is 0 Å². The van der Waals surface area contributed by atoms with Crippen molar-refractivity contribution in [2.75, 3.05) is 6.61 Å². The van der Waals surface area contributed by atoms with Crippen LogP contribution in [0, 0.1) is 5.92 Å². The summed E-state index contributed by atoms with van der Waals surface area (Å²) in [6.07, 6.45) is 0.902. The Balaban J connectivity index is 2.54. The molecule has 1 amide bonds. The van der Waals surface area contributed by atoms with E-state index in [1.807, 2.05) is 31.2 Å². The Morgan fingerprint density at radius 3 is 2.41 bits per heavy atom. The highest BCUT2D eigenvalue weighted by Gasteiger charge is 2.09. The second kappa shape index (κ2) is 6.25. The van der Waals surface area contributed by atoms with Gasteiger partial charge in [0.15, 0.2) is 0 Å². The highest BCUT2D eigenvalue weighted by molar-refractivity contribution is 5.76. The van der Waals surface area contributed by atoms with Crippen LogP contribution in [0.15, 0.2) is 24.3 Å². The molecular formula is C13H20N2O2. The van der Waals surface area contributed by atoms with Crippen LogP contribution >= 0.6 is 0 Å². The van der Waals surface area contributed by atoms with E-state index in [9.17, 15) is 4.79 Å². The van der Waals surface area contributed by atoms with Gasteiger partial charge >= 0.3 is 0 Å². The second-order valence-electron chi connectivity index (χ2n) is 4.20. The summed E-state index contributed by atoms with van der Waals surface area (Å²) in [4.78, 5) is 10.8. The van der Waals surface area contributed by atoms with E-state index in [1.54, 1.807) is 6.92 Å². The van der Waals surface area contributed by atoms with E-state index >= 15 is 0 Å². The third-order valence-electron chi connectivity index (χ3n) is 2.73. The fourth-order valence-corrected chi connectivity index (χ4v) is 1.35. The number of primary amides is 1. The molecule has 0 saturated carbocycles. The molecule has 17 heavy (non-hydrogen) atoms. The van der Waals surface area contributed by atoms with Crippen LogP contribution in [0.3, 0.4) is 0 Å². The number of amides is 1. The molecule has 0 spiro atoms. The first kappa shape index (κ1) is 13.5. The van der Waals surface area contributed by atoms with Crippen LogP contribution in [0.1, 0.15) is 31.9 Å². The number of hydrogen-bond acceptors (Lipinski definition) is 3. The standard InChI is InChI=1S/C13H20N2O2/c1-3-12(14)10-4-6-11(7-5-10)17-8-9(2)13(15)16/h4-7,9,12H,3,8,14H2,1-2H3,(H2,15,16)/t9?,12-/m0/s1. The van der Waals surface area contributed by atoms with Crippen LogP contribution in [-0.2, 0) is 4.79 Å². The van der Waals surface area contributed by atoms with Gasteiger partial charge in [-0.15, -0.1) is 0 Å². The van der Waals surface area contributed by atoms with Gasteiger partial charge in [-0.2, -0.15) is 0 Å². The van der Waals surface area contributed by atoms with Crippen molar-refractivity contribution < 1.29 is 9.53 Å². The maximum Gasteiger partial charge on any atom is 0.223 e. The third-order valence-corrected chi connectivity index (χ3v) is 2.73. The van der Waals surface area contributed by atoms with E-state index in [0.29, 0.717) is 6.61 Å². The van der Waals surface area contributed by atoms with Crippen molar-refractivity contribution in [3.63, 3.8) is 0 Å². The molecule has 4 N–H and O–H groups in total. The molecule has 4 nitrogen and oxygen atoms in total. The first-order valence-electron chi connectivity index (χ1n) is 5.82. The van der Waals surface area contributed by atoms with Crippen molar-refractivity contribution in [3.8, 4) is 5.75 Å². The Morgan fingerprint density at radius 2 is 1.94 bits per heavy atom. The quantitative estimate of drug-likeness (QED) is 0.787. The van der Waals surface area contributed by atoms with Gasteiger partial charge in [-0.1, -0.05) is 26.0 Å². The van der Waals surface area contributed by atoms with Crippen LogP contribution in [0.25, 0.3) is 0 Å². The lowest BCUT2D eigenvalue weighted by atomic mass is 10.1. The number of ether oxygens (including phenoxy) is 1. The minimum atomic E-state index is -0.352. The van der Waals surface area contributed by atoms with E-state index in [2.05, 4.69) is 0 Å². The summed E-state index contributed by atoms with van der Waals surface area (Å²) in [6.45, 7) is 4.09. The van der Waals surface area contributed by atoms with Gasteiger partial charge in [0.2, 0.25) is 5.91 Å². The normalized spacial score (nSPS) is 14.1. The molecule has 0 saturated heterocycles. The van der Waals surface area contributed by atoms with Crippen LogP contribution in [0.5, 0.6) is 5.75 Å². The summed E-state index contributed by atoms with van der Waals surface area (Å²) in [5.41, 5.74) is 12.1. The molecule has 0 aromatic heterocycles. The van der Waals surface area contributed by atoms with Gasteiger partial charge in [0.1, 0.15) is 5.75 Å². The first-order valence-corrected chi connectivity index (χ1v) is 5.82. The lowest BCUT2D eigenvalue weighted by Gasteiger charge is -2.12. The molecule has 4 heteroatoms. The summed E-state index contributed by atoms with van der Waals surface area (Å²) in [6, 6.07) is 7.67. The molecule has 0 aliphatic rings. The van der Waals surface area contributed by atoms with Crippen LogP contribution in [0.4, 0.5) is 0 Å². The zero-order valence-electron chi connectivity index (χ0n) is 10.3. The minimum Gasteiger partial charge on any atom is -0.493 e.